The van der Waals surface area contributed by atoms with Gasteiger partial charge in [-0.25, -0.2) is 13.4 Å². The van der Waals surface area contributed by atoms with Crippen molar-refractivity contribution in [3.63, 3.8) is 0 Å². The van der Waals surface area contributed by atoms with Crippen molar-refractivity contribution in [3.8, 4) is 0 Å². The van der Waals surface area contributed by atoms with Crippen LogP contribution in [0, 0.1) is 0 Å². The Labute approximate surface area is 127 Å². The number of anilines is 1. The minimum atomic E-state index is -3.39. The van der Waals surface area contributed by atoms with Crippen molar-refractivity contribution in [2.75, 3.05) is 11.0 Å². The van der Waals surface area contributed by atoms with Gasteiger partial charge in [-0.1, -0.05) is 12.1 Å². The fourth-order valence-corrected chi connectivity index (χ4v) is 2.79. The molecule has 0 radical (unpaired) electrons. The van der Waals surface area contributed by atoms with E-state index in [0.29, 0.717) is 22.5 Å². The molecule has 2 heterocycles. The third-order valence-corrected chi connectivity index (χ3v) is 3.73. The number of hydrogen-bond acceptors (Lipinski definition) is 4. The first-order chi connectivity index (χ1) is 10.4. The van der Waals surface area contributed by atoms with Crippen molar-refractivity contribution in [1.82, 2.24) is 9.97 Å². The Hall–Kier alpha value is -2.67. The summed E-state index contributed by atoms with van der Waals surface area (Å²) >= 11 is 0. The lowest BCUT2D eigenvalue weighted by molar-refractivity contribution is 0.104. The lowest BCUT2D eigenvalue weighted by atomic mass is 10.0. The lowest BCUT2D eigenvalue weighted by Crippen LogP contribution is -2.10. The summed E-state index contributed by atoms with van der Waals surface area (Å²) in [6, 6.07) is 9.95. The van der Waals surface area contributed by atoms with Crippen molar-refractivity contribution >= 4 is 32.5 Å². The number of carbonyl (C=O) groups excluding carboxylic acids is 1. The second-order valence-corrected chi connectivity index (χ2v) is 6.63. The number of aromatic amines is 1. The topological polar surface area (TPSA) is 91.9 Å². The van der Waals surface area contributed by atoms with E-state index < -0.39 is 10.0 Å². The van der Waals surface area contributed by atoms with Crippen LogP contribution < -0.4 is 4.72 Å². The van der Waals surface area contributed by atoms with E-state index in [-0.39, 0.29) is 5.78 Å². The van der Waals surface area contributed by atoms with E-state index in [9.17, 15) is 13.2 Å². The molecule has 0 unspecified atom stereocenters. The molecule has 2 N–H and O–H groups in total. The van der Waals surface area contributed by atoms with Gasteiger partial charge in [-0.2, -0.15) is 0 Å². The van der Waals surface area contributed by atoms with E-state index >= 15 is 0 Å². The number of fused-ring (bicyclic) bond motifs is 1. The van der Waals surface area contributed by atoms with Crippen molar-refractivity contribution in [2.24, 2.45) is 0 Å². The molecule has 0 aliphatic heterocycles. The highest BCUT2D eigenvalue weighted by Crippen LogP contribution is 2.21. The Morgan fingerprint density at radius 2 is 2.05 bits per heavy atom. The maximum absolute atomic E-state index is 12.6. The Morgan fingerprint density at radius 3 is 2.82 bits per heavy atom. The van der Waals surface area contributed by atoms with Crippen LogP contribution in [0.5, 0.6) is 0 Å². The number of carbonyl (C=O) groups is 1. The van der Waals surface area contributed by atoms with Crippen LogP contribution in [0.1, 0.15) is 15.9 Å². The predicted octanol–water partition coefficient (Wildman–Crippen LogP) is 2.17. The van der Waals surface area contributed by atoms with Gasteiger partial charge >= 0.3 is 0 Å². The van der Waals surface area contributed by atoms with Gasteiger partial charge in [0.1, 0.15) is 5.65 Å². The number of sulfonamides is 1. The SMILES string of the molecule is CS(=O)(=O)Nc1cccc(C(=O)c2c[nH]c3ncccc23)c1. The average Bonchev–Trinajstić information content (AvgIpc) is 2.89. The standard InChI is InChI=1S/C15H13N3O3S/c1-22(20,21)18-11-5-2-4-10(8-11)14(19)13-9-17-15-12(13)6-3-7-16-15/h2-9,18H,1H3,(H,16,17). The second kappa shape index (κ2) is 5.27. The quantitative estimate of drug-likeness (QED) is 0.722. The first-order valence-electron chi connectivity index (χ1n) is 6.49. The van der Waals surface area contributed by atoms with E-state index in [1.807, 2.05) is 6.07 Å². The molecule has 7 heteroatoms. The molecule has 0 saturated heterocycles. The smallest absolute Gasteiger partial charge is 0.229 e. The monoisotopic (exact) mass is 315 g/mol. The van der Waals surface area contributed by atoms with E-state index in [1.165, 1.54) is 6.07 Å². The number of rotatable bonds is 4. The summed E-state index contributed by atoms with van der Waals surface area (Å²) in [5.74, 6) is -0.198. The molecule has 0 bridgehead atoms. The zero-order chi connectivity index (χ0) is 15.7. The lowest BCUT2D eigenvalue weighted by Gasteiger charge is -2.06. The molecule has 0 spiro atoms. The second-order valence-electron chi connectivity index (χ2n) is 4.89. The number of hydrogen-bond donors (Lipinski definition) is 2. The molecule has 0 aliphatic rings. The van der Waals surface area contributed by atoms with Crippen LogP contribution in [0.25, 0.3) is 11.0 Å². The molecule has 2 aromatic heterocycles. The zero-order valence-electron chi connectivity index (χ0n) is 11.7. The number of ketones is 1. The number of benzene rings is 1. The van der Waals surface area contributed by atoms with E-state index in [0.717, 1.165) is 11.6 Å². The predicted molar refractivity (Wildman–Crippen MR) is 84.4 cm³/mol. The van der Waals surface area contributed by atoms with E-state index in [1.54, 1.807) is 36.7 Å². The first-order valence-corrected chi connectivity index (χ1v) is 8.38. The maximum Gasteiger partial charge on any atom is 0.229 e. The Kier molecular flexibility index (Phi) is 3.42. The number of aromatic nitrogens is 2. The number of H-pyrrole nitrogens is 1. The molecule has 22 heavy (non-hydrogen) atoms. The first kappa shape index (κ1) is 14.3. The van der Waals surface area contributed by atoms with Gasteiger partial charge in [-0.05, 0) is 24.3 Å². The van der Waals surface area contributed by atoms with Crippen LogP contribution in [0.4, 0.5) is 5.69 Å². The van der Waals surface area contributed by atoms with Gasteiger partial charge in [-0.3, -0.25) is 9.52 Å². The molecular weight excluding hydrogens is 302 g/mol. The highest BCUT2D eigenvalue weighted by molar-refractivity contribution is 7.92. The van der Waals surface area contributed by atoms with Gasteiger partial charge in [0.15, 0.2) is 5.78 Å². The fourth-order valence-electron chi connectivity index (χ4n) is 2.24. The normalized spacial score (nSPS) is 11.5. The Balaban J connectivity index is 2.00. The summed E-state index contributed by atoms with van der Waals surface area (Å²) in [6.07, 6.45) is 4.31. The van der Waals surface area contributed by atoms with Crippen molar-refractivity contribution in [1.29, 1.82) is 0 Å². The molecule has 0 amide bonds. The van der Waals surface area contributed by atoms with Crippen LogP contribution in [-0.2, 0) is 10.0 Å². The average molecular weight is 315 g/mol. The van der Waals surface area contributed by atoms with Crippen LogP contribution in [0.2, 0.25) is 0 Å². The number of nitrogens with one attached hydrogen (secondary N) is 2. The molecule has 112 valence electrons. The Bertz CT molecular complexity index is 961. The van der Waals surface area contributed by atoms with Gasteiger partial charge in [0.05, 0.1) is 6.26 Å². The summed E-state index contributed by atoms with van der Waals surface area (Å²) < 4.78 is 24.9. The van der Waals surface area contributed by atoms with Crippen molar-refractivity contribution < 1.29 is 13.2 Å². The van der Waals surface area contributed by atoms with E-state index in [2.05, 4.69) is 14.7 Å². The molecule has 0 aliphatic carbocycles. The van der Waals surface area contributed by atoms with Gasteiger partial charge in [0.2, 0.25) is 10.0 Å². The largest absolute Gasteiger partial charge is 0.345 e. The molecule has 0 fully saturated rings. The number of pyridine rings is 1. The molecular formula is C15H13N3O3S. The molecule has 3 rings (SSSR count). The molecule has 1 aromatic carbocycles. The van der Waals surface area contributed by atoms with Gasteiger partial charge < -0.3 is 4.98 Å². The summed E-state index contributed by atoms with van der Waals surface area (Å²) in [4.78, 5) is 19.7. The van der Waals surface area contributed by atoms with Crippen molar-refractivity contribution in [2.45, 2.75) is 0 Å². The van der Waals surface area contributed by atoms with Crippen LogP contribution in [0.15, 0.2) is 48.8 Å². The highest BCUT2D eigenvalue weighted by Gasteiger charge is 2.15. The van der Waals surface area contributed by atoms with Gasteiger partial charge in [0, 0.05) is 34.6 Å². The Morgan fingerprint density at radius 1 is 1.23 bits per heavy atom. The number of nitrogens with zero attached hydrogens (tertiary/aromatic N) is 1. The van der Waals surface area contributed by atoms with Gasteiger partial charge in [0.25, 0.3) is 0 Å². The molecule has 6 nitrogen and oxygen atoms in total. The summed E-state index contributed by atoms with van der Waals surface area (Å²) in [6.45, 7) is 0. The molecule has 3 aromatic rings. The maximum atomic E-state index is 12.6. The summed E-state index contributed by atoms with van der Waals surface area (Å²) in [5.41, 5.74) is 1.89. The van der Waals surface area contributed by atoms with Crippen LogP contribution in [-0.4, -0.2) is 30.4 Å². The van der Waals surface area contributed by atoms with E-state index in [4.69, 9.17) is 0 Å². The minimum Gasteiger partial charge on any atom is -0.345 e. The van der Waals surface area contributed by atoms with Gasteiger partial charge in [-0.15, -0.1) is 0 Å². The fraction of sp³-hybridized carbons (Fsp3) is 0.0667. The third-order valence-electron chi connectivity index (χ3n) is 3.12. The molecule has 0 atom stereocenters. The van der Waals surface area contributed by atoms with Crippen LogP contribution in [0.3, 0.4) is 0 Å². The molecule has 0 saturated carbocycles. The zero-order valence-corrected chi connectivity index (χ0v) is 12.5. The summed E-state index contributed by atoms with van der Waals surface area (Å²) in [7, 11) is -3.39. The van der Waals surface area contributed by atoms with Crippen molar-refractivity contribution in [3.05, 3.63) is 59.9 Å². The minimum absolute atomic E-state index is 0.198. The van der Waals surface area contributed by atoms with Crippen LogP contribution >= 0.6 is 0 Å². The highest BCUT2D eigenvalue weighted by atomic mass is 32.2. The third kappa shape index (κ3) is 2.84. The summed E-state index contributed by atoms with van der Waals surface area (Å²) in [5, 5.41) is 0.731.